The fraction of sp³-hybridized carbons (Fsp3) is 0.625. The maximum Gasteiger partial charge on any atom is 0.0260 e. The predicted octanol–water partition coefficient (Wildman–Crippen LogP) is 2.63. The van der Waals surface area contributed by atoms with Gasteiger partial charge in [-0.2, -0.15) is 0 Å². The van der Waals surface area contributed by atoms with Gasteiger partial charge in [-0.15, -0.1) is 11.8 Å². The summed E-state index contributed by atoms with van der Waals surface area (Å²) in [4.78, 5) is 4.05. The third-order valence-corrected chi connectivity index (χ3v) is 5.65. The zero-order chi connectivity index (χ0) is 13.1. The van der Waals surface area contributed by atoms with Crippen molar-refractivity contribution < 1.29 is 0 Å². The Balaban J connectivity index is 1.38. The van der Waals surface area contributed by atoms with Crippen molar-refractivity contribution in [3.05, 3.63) is 29.8 Å². The van der Waals surface area contributed by atoms with Crippen LogP contribution in [0.25, 0.3) is 0 Å². The second-order valence-electron chi connectivity index (χ2n) is 5.76. The van der Waals surface area contributed by atoms with Gasteiger partial charge in [0.15, 0.2) is 0 Å². The fourth-order valence-corrected chi connectivity index (χ4v) is 4.47. The number of rotatable bonds is 5. The molecule has 1 N–H and O–H groups in total. The minimum absolute atomic E-state index is 0.737. The number of hydrogen-bond donors (Lipinski definition) is 1. The van der Waals surface area contributed by atoms with Crippen LogP contribution in [0.1, 0.15) is 18.9 Å². The van der Waals surface area contributed by atoms with Gasteiger partial charge in [0.05, 0.1) is 0 Å². The highest BCUT2D eigenvalue weighted by atomic mass is 32.2. The van der Waals surface area contributed by atoms with Crippen LogP contribution in [-0.4, -0.2) is 42.9 Å². The second kappa shape index (κ2) is 6.29. The van der Waals surface area contributed by atoms with E-state index >= 15 is 0 Å². The lowest BCUT2D eigenvalue weighted by molar-refractivity contribution is 0.339. The zero-order valence-electron chi connectivity index (χ0n) is 11.8. The molecule has 0 bridgehead atoms. The van der Waals surface area contributed by atoms with Gasteiger partial charge in [-0.25, -0.2) is 0 Å². The van der Waals surface area contributed by atoms with E-state index in [0.29, 0.717) is 0 Å². The van der Waals surface area contributed by atoms with Gasteiger partial charge < -0.3 is 10.2 Å². The molecule has 0 aliphatic carbocycles. The molecule has 3 rings (SSSR count). The van der Waals surface area contributed by atoms with E-state index in [9.17, 15) is 0 Å². The average molecular weight is 276 g/mol. The molecule has 0 spiro atoms. The Morgan fingerprint density at radius 3 is 3.00 bits per heavy atom. The molecule has 0 saturated carbocycles. The summed E-state index contributed by atoms with van der Waals surface area (Å²) in [5.41, 5.74) is 1.54. The van der Waals surface area contributed by atoms with Gasteiger partial charge in [-0.1, -0.05) is 25.1 Å². The number of fused-ring (bicyclic) bond motifs is 1. The fourth-order valence-electron chi connectivity index (χ4n) is 3.18. The van der Waals surface area contributed by atoms with E-state index in [4.69, 9.17) is 0 Å². The van der Waals surface area contributed by atoms with E-state index in [1.165, 1.54) is 49.5 Å². The Morgan fingerprint density at radius 2 is 2.21 bits per heavy atom. The van der Waals surface area contributed by atoms with Crippen LogP contribution in [0.4, 0.5) is 0 Å². The first-order valence-corrected chi connectivity index (χ1v) is 8.40. The standard InChI is InChI=1S/C16H24N2S/c1-2-18-8-7-13(12-18)10-17-11-15-9-14-5-3-4-6-16(14)19-15/h3-6,13,15,17H,2,7-12H2,1H3. The van der Waals surface area contributed by atoms with Crippen LogP contribution in [0.2, 0.25) is 0 Å². The van der Waals surface area contributed by atoms with Crippen LogP contribution >= 0.6 is 11.8 Å². The molecule has 104 valence electrons. The highest BCUT2D eigenvalue weighted by Crippen LogP contribution is 2.36. The highest BCUT2D eigenvalue weighted by Gasteiger charge is 2.23. The summed E-state index contributed by atoms with van der Waals surface area (Å²) in [6.07, 6.45) is 2.61. The summed E-state index contributed by atoms with van der Waals surface area (Å²) in [6.45, 7) is 8.42. The Morgan fingerprint density at radius 1 is 1.32 bits per heavy atom. The van der Waals surface area contributed by atoms with E-state index in [2.05, 4.69) is 53.2 Å². The van der Waals surface area contributed by atoms with Crippen LogP contribution in [0.15, 0.2) is 29.2 Å². The molecule has 2 nitrogen and oxygen atoms in total. The average Bonchev–Trinajstić information content (AvgIpc) is 3.04. The Labute approximate surface area is 121 Å². The summed E-state index contributed by atoms with van der Waals surface area (Å²) >= 11 is 2.05. The summed E-state index contributed by atoms with van der Waals surface area (Å²) < 4.78 is 0. The SMILES string of the molecule is CCN1CCC(CNCC2Cc3ccccc3S2)C1. The molecule has 1 fully saturated rings. The lowest BCUT2D eigenvalue weighted by Crippen LogP contribution is -2.31. The molecule has 0 aromatic heterocycles. The molecule has 2 heterocycles. The lowest BCUT2D eigenvalue weighted by atomic mass is 10.1. The Hall–Kier alpha value is -0.510. The van der Waals surface area contributed by atoms with Crippen LogP contribution < -0.4 is 5.32 Å². The van der Waals surface area contributed by atoms with Crippen molar-refractivity contribution in [1.29, 1.82) is 0 Å². The van der Waals surface area contributed by atoms with E-state index in [-0.39, 0.29) is 0 Å². The molecule has 1 aromatic carbocycles. The minimum Gasteiger partial charge on any atom is -0.315 e. The molecule has 3 heteroatoms. The number of hydrogen-bond acceptors (Lipinski definition) is 3. The normalized spacial score (nSPS) is 26.8. The van der Waals surface area contributed by atoms with Crippen LogP contribution in [-0.2, 0) is 6.42 Å². The maximum absolute atomic E-state index is 3.70. The lowest BCUT2D eigenvalue weighted by Gasteiger charge is -2.15. The molecule has 2 unspecified atom stereocenters. The third kappa shape index (κ3) is 3.33. The molecule has 2 atom stereocenters. The first-order valence-electron chi connectivity index (χ1n) is 7.52. The van der Waals surface area contributed by atoms with E-state index < -0.39 is 0 Å². The minimum atomic E-state index is 0.737. The monoisotopic (exact) mass is 276 g/mol. The van der Waals surface area contributed by atoms with Crippen molar-refractivity contribution in [2.75, 3.05) is 32.7 Å². The number of nitrogens with one attached hydrogen (secondary N) is 1. The molecular weight excluding hydrogens is 252 g/mol. The molecule has 19 heavy (non-hydrogen) atoms. The molecule has 0 amide bonds. The quantitative estimate of drug-likeness (QED) is 0.890. The Bertz CT molecular complexity index is 396. The molecule has 2 aliphatic heterocycles. The van der Waals surface area contributed by atoms with Gasteiger partial charge in [0.25, 0.3) is 0 Å². The summed E-state index contributed by atoms with van der Waals surface area (Å²) in [5.74, 6) is 0.869. The summed E-state index contributed by atoms with van der Waals surface area (Å²) in [6, 6.07) is 8.85. The van der Waals surface area contributed by atoms with Crippen molar-refractivity contribution >= 4 is 11.8 Å². The van der Waals surface area contributed by atoms with E-state index in [1.807, 2.05) is 0 Å². The topological polar surface area (TPSA) is 15.3 Å². The van der Waals surface area contributed by atoms with Gasteiger partial charge >= 0.3 is 0 Å². The van der Waals surface area contributed by atoms with Crippen molar-refractivity contribution in [3.63, 3.8) is 0 Å². The van der Waals surface area contributed by atoms with Crippen LogP contribution in [0.5, 0.6) is 0 Å². The number of likely N-dealkylation sites (tertiary alicyclic amines) is 1. The first kappa shape index (κ1) is 13.5. The van der Waals surface area contributed by atoms with Gasteiger partial charge in [-0.3, -0.25) is 0 Å². The summed E-state index contributed by atoms with van der Waals surface area (Å²) in [5, 5.41) is 4.44. The largest absolute Gasteiger partial charge is 0.315 e. The number of benzene rings is 1. The Kier molecular flexibility index (Phi) is 4.46. The van der Waals surface area contributed by atoms with Crippen molar-refractivity contribution in [2.45, 2.75) is 29.9 Å². The smallest absolute Gasteiger partial charge is 0.0260 e. The molecule has 2 aliphatic rings. The van der Waals surface area contributed by atoms with Crippen molar-refractivity contribution in [3.8, 4) is 0 Å². The molecule has 1 saturated heterocycles. The zero-order valence-corrected chi connectivity index (χ0v) is 12.6. The summed E-state index contributed by atoms with van der Waals surface area (Å²) in [7, 11) is 0. The highest BCUT2D eigenvalue weighted by molar-refractivity contribution is 8.00. The van der Waals surface area contributed by atoms with Gasteiger partial charge in [-0.05, 0) is 50.0 Å². The van der Waals surface area contributed by atoms with Crippen molar-refractivity contribution in [2.24, 2.45) is 5.92 Å². The number of thioether (sulfide) groups is 1. The predicted molar refractivity (Wildman–Crippen MR) is 82.9 cm³/mol. The van der Waals surface area contributed by atoms with Crippen LogP contribution in [0.3, 0.4) is 0 Å². The van der Waals surface area contributed by atoms with Crippen molar-refractivity contribution in [1.82, 2.24) is 10.2 Å². The van der Waals surface area contributed by atoms with Crippen LogP contribution in [0, 0.1) is 5.92 Å². The molecule has 0 radical (unpaired) electrons. The van der Waals surface area contributed by atoms with E-state index in [1.54, 1.807) is 0 Å². The first-order chi connectivity index (χ1) is 9.35. The maximum atomic E-state index is 3.70. The van der Waals surface area contributed by atoms with E-state index in [0.717, 1.165) is 17.7 Å². The molecular formula is C16H24N2S. The molecule has 1 aromatic rings. The number of nitrogens with zero attached hydrogens (tertiary/aromatic N) is 1. The van der Waals surface area contributed by atoms with Gasteiger partial charge in [0.1, 0.15) is 0 Å². The van der Waals surface area contributed by atoms with Gasteiger partial charge in [0, 0.05) is 23.2 Å². The third-order valence-electron chi connectivity index (χ3n) is 4.34. The van der Waals surface area contributed by atoms with Gasteiger partial charge in [0.2, 0.25) is 0 Å². The second-order valence-corrected chi connectivity index (χ2v) is 7.10.